The van der Waals surface area contributed by atoms with Gasteiger partial charge >= 0.3 is 0 Å². The Morgan fingerprint density at radius 3 is 3.12 bits per heavy atom. The fraction of sp³-hybridized carbons (Fsp3) is 0.538. The van der Waals surface area contributed by atoms with Gasteiger partial charge in [0.15, 0.2) is 0 Å². The van der Waals surface area contributed by atoms with Gasteiger partial charge in [0.25, 0.3) is 0 Å². The van der Waals surface area contributed by atoms with Crippen LogP contribution in [0, 0.1) is 17.2 Å². The molecule has 0 saturated heterocycles. The van der Waals surface area contributed by atoms with Crippen molar-refractivity contribution in [2.75, 3.05) is 18.5 Å². The van der Waals surface area contributed by atoms with Gasteiger partial charge in [0.05, 0.1) is 0 Å². The van der Waals surface area contributed by atoms with Gasteiger partial charge in [0.2, 0.25) is 0 Å². The van der Waals surface area contributed by atoms with E-state index >= 15 is 0 Å². The molecule has 1 saturated carbocycles. The number of pyridine rings is 1. The van der Waals surface area contributed by atoms with Crippen LogP contribution in [-0.2, 0) is 0 Å². The lowest BCUT2D eigenvalue weighted by atomic mass is 10.0. The summed E-state index contributed by atoms with van der Waals surface area (Å²) in [5.74, 6) is 0.568. The van der Waals surface area contributed by atoms with E-state index < -0.39 is 0 Å². The van der Waals surface area contributed by atoms with Crippen molar-refractivity contribution in [1.82, 2.24) is 4.98 Å². The zero-order chi connectivity index (χ0) is 12.3. The standard InChI is InChI=1S/C13H18N4/c1-17(13-4-2-3-10(13)8-14)12-5-6-16-11(7-12)9-15/h5-7,10,13H,2-4,8,14H2,1H3. The predicted molar refractivity (Wildman–Crippen MR) is 67.5 cm³/mol. The van der Waals surface area contributed by atoms with E-state index in [-0.39, 0.29) is 0 Å². The van der Waals surface area contributed by atoms with Crippen LogP contribution in [0.2, 0.25) is 0 Å². The van der Waals surface area contributed by atoms with Crippen LogP contribution in [-0.4, -0.2) is 24.6 Å². The minimum absolute atomic E-state index is 0.469. The van der Waals surface area contributed by atoms with E-state index in [4.69, 9.17) is 11.0 Å². The molecule has 0 aliphatic heterocycles. The lowest BCUT2D eigenvalue weighted by Crippen LogP contribution is -2.37. The molecule has 1 fully saturated rings. The van der Waals surface area contributed by atoms with Crippen LogP contribution in [0.25, 0.3) is 0 Å². The number of nitriles is 1. The highest BCUT2D eigenvalue weighted by atomic mass is 15.1. The number of nitrogens with two attached hydrogens (primary N) is 1. The molecule has 2 N–H and O–H groups in total. The van der Waals surface area contributed by atoms with E-state index in [2.05, 4.69) is 23.0 Å². The van der Waals surface area contributed by atoms with Crippen molar-refractivity contribution in [3.8, 4) is 6.07 Å². The Bertz CT molecular complexity index is 424. The fourth-order valence-electron chi connectivity index (χ4n) is 2.69. The third kappa shape index (κ3) is 2.40. The number of anilines is 1. The van der Waals surface area contributed by atoms with Gasteiger partial charge in [-0.2, -0.15) is 5.26 Å². The lowest BCUT2D eigenvalue weighted by Gasteiger charge is -2.31. The van der Waals surface area contributed by atoms with Gasteiger partial charge in [0, 0.05) is 25.0 Å². The van der Waals surface area contributed by atoms with Gasteiger partial charge in [-0.05, 0) is 37.4 Å². The molecule has 0 amide bonds. The maximum atomic E-state index is 8.86. The molecule has 17 heavy (non-hydrogen) atoms. The molecule has 1 aromatic rings. The average Bonchev–Trinajstić information content (AvgIpc) is 2.86. The molecule has 1 aromatic heterocycles. The highest BCUT2D eigenvalue weighted by Gasteiger charge is 2.29. The van der Waals surface area contributed by atoms with Crippen molar-refractivity contribution < 1.29 is 0 Å². The molecule has 2 atom stereocenters. The first-order valence-electron chi connectivity index (χ1n) is 6.05. The average molecular weight is 230 g/mol. The Hall–Kier alpha value is -1.60. The van der Waals surface area contributed by atoms with Crippen molar-refractivity contribution >= 4 is 5.69 Å². The first kappa shape index (κ1) is 11.9. The number of rotatable bonds is 3. The lowest BCUT2D eigenvalue weighted by molar-refractivity contribution is 0.474. The fourth-order valence-corrected chi connectivity index (χ4v) is 2.69. The molecule has 90 valence electrons. The largest absolute Gasteiger partial charge is 0.371 e. The van der Waals surface area contributed by atoms with E-state index in [1.807, 2.05) is 12.1 Å². The van der Waals surface area contributed by atoms with Crippen LogP contribution in [0.4, 0.5) is 5.69 Å². The van der Waals surface area contributed by atoms with E-state index in [0.717, 1.165) is 12.2 Å². The number of aromatic nitrogens is 1. The summed E-state index contributed by atoms with van der Waals surface area (Å²) in [6, 6.07) is 6.36. The molecule has 0 bridgehead atoms. The zero-order valence-corrected chi connectivity index (χ0v) is 10.1. The summed E-state index contributed by atoms with van der Waals surface area (Å²) in [7, 11) is 2.08. The SMILES string of the molecule is CN(c1ccnc(C#N)c1)C1CCCC1CN. The third-order valence-electron chi connectivity index (χ3n) is 3.68. The van der Waals surface area contributed by atoms with Crippen LogP contribution < -0.4 is 10.6 Å². The van der Waals surface area contributed by atoms with Gasteiger partial charge < -0.3 is 10.6 Å². The Morgan fingerprint density at radius 2 is 2.41 bits per heavy atom. The van der Waals surface area contributed by atoms with Crippen molar-refractivity contribution in [2.24, 2.45) is 11.7 Å². The van der Waals surface area contributed by atoms with Gasteiger partial charge in [0.1, 0.15) is 11.8 Å². The van der Waals surface area contributed by atoms with Crippen molar-refractivity contribution in [3.63, 3.8) is 0 Å². The summed E-state index contributed by atoms with van der Waals surface area (Å²) < 4.78 is 0. The second-order valence-corrected chi connectivity index (χ2v) is 4.62. The summed E-state index contributed by atoms with van der Waals surface area (Å²) in [4.78, 5) is 6.24. The highest BCUT2D eigenvalue weighted by Crippen LogP contribution is 2.31. The summed E-state index contributed by atoms with van der Waals surface area (Å²) in [6.45, 7) is 0.741. The first-order chi connectivity index (χ1) is 8.26. The second-order valence-electron chi connectivity index (χ2n) is 4.62. The number of hydrogen-bond donors (Lipinski definition) is 1. The molecule has 4 nitrogen and oxygen atoms in total. The molecule has 0 aromatic carbocycles. The molecule has 1 aliphatic rings. The Labute approximate surface area is 102 Å². The van der Waals surface area contributed by atoms with Crippen molar-refractivity contribution in [1.29, 1.82) is 5.26 Å². The molecular formula is C13H18N4. The summed E-state index contributed by atoms with van der Waals surface area (Å²) in [5.41, 5.74) is 7.33. The minimum atomic E-state index is 0.469. The number of nitrogens with zero attached hydrogens (tertiary/aromatic N) is 3. The van der Waals surface area contributed by atoms with E-state index in [0.29, 0.717) is 17.7 Å². The molecule has 2 rings (SSSR count). The van der Waals surface area contributed by atoms with Crippen molar-refractivity contribution in [3.05, 3.63) is 24.0 Å². The predicted octanol–water partition coefficient (Wildman–Crippen LogP) is 1.52. The molecule has 1 heterocycles. The normalized spacial score (nSPS) is 23.4. The zero-order valence-electron chi connectivity index (χ0n) is 10.1. The molecule has 0 radical (unpaired) electrons. The molecule has 0 spiro atoms. The summed E-state index contributed by atoms with van der Waals surface area (Å²) in [6.07, 6.45) is 5.33. The molecular weight excluding hydrogens is 212 g/mol. The molecule has 1 aliphatic carbocycles. The Morgan fingerprint density at radius 1 is 1.59 bits per heavy atom. The topological polar surface area (TPSA) is 65.9 Å². The van der Waals surface area contributed by atoms with Crippen LogP contribution in [0.3, 0.4) is 0 Å². The minimum Gasteiger partial charge on any atom is -0.371 e. The monoisotopic (exact) mass is 230 g/mol. The van der Waals surface area contributed by atoms with Crippen molar-refractivity contribution in [2.45, 2.75) is 25.3 Å². The Kier molecular flexibility index (Phi) is 3.60. The quantitative estimate of drug-likeness (QED) is 0.855. The maximum absolute atomic E-state index is 8.86. The van der Waals surface area contributed by atoms with E-state index in [9.17, 15) is 0 Å². The molecule has 2 unspecified atom stereocenters. The molecule has 4 heteroatoms. The van der Waals surface area contributed by atoms with Crippen LogP contribution >= 0.6 is 0 Å². The van der Waals surface area contributed by atoms with Crippen LogP contribution in [0.15, 0.2) is 18.3 Å². The van der Waals surface area contributed by atoms with E-state index in [1.54, 1.807) is 6.20 Å². The maximum Gasteiger partial charge on any atom is 0.142 e. The van der Waals surface area contributed by atoms with E-state index in [1.165, 1.54) is 19.3 Å². The first-order valence-corrected chi connectivity index (χ1v) is 6.05. The van der Waals surface area contributed by atoms with Gasteiger partial charge in [-0.25, -0.2) is 4.98 Å². The van der Waals surface area contributed by atoms with Gasteiger partial charge in [-0.3, -0.25) is 0 Å². The summed E-state index contributed by atoms with van der Waals surface area (Å²) in [5, 5.41) is 8.86. The van der Waals surface area contributed by atoms with Gasteiger partial charge in [-0.15, -0.1) is 0 Å². The second kappa shape index (κ2) is 5.15. The third-order valence-corrected chi connectivity index (χ3v) is 3.68. The van der Waals surface area contributed by atoms with Crippen LogP contribution in [0.5, 0.6) is 0 Å². The summed E-state index contributed by atoms with van der Waals surface area (Å²) >= 11 is 0. The van der Waals surface area contributed by atoms with Crippen LogP contribution in [0.1, 0.15) is 25.0 Å². The smallest absolute Gasteiger partial charge is 0.142 e. The number of hydrogen-bond acceptors (Lipinski definition) is 4. The highest BCUT2D eigenvalue weighted by molar-refractivity contribution is 5.49. The van der Waals surface area contributed by atoms with Gasteiger partial charge in [-0.1, -0.05) is 6.42 Å². The Balaban J connectivity index is 2.18.